The fraction of sp³-hybridized carbons (Fsp3) is 0.500. The predicted molar refractivity (Wildman–Crippen MR) is 78.8 cm³/mol. The van der Waals surface area contributed by atoms with Crippen molar-refractivity contribution in [3.63, 3.8) is 0 Å². The van der Waals surface area contributed by atoms with Crippen molar-refractivity contribution >= 4 is 15.9 Å². The molecule has 0 saturated heterocycles. The first-order chi connectivity index (χ1) is 9.28. The molecule has 0 radical (unpaired) electrons. The Bertz CT molecular complexity index is 582. The molecule has 0 unspecified atom stereocenters. The zero-order valence-corrected chi connectivity index (χ0v) is 13.0. The van der Waals surface area contributed by atoms with Crippen LogP contribution in [0.25, 0.3) is 0 Å². The first-order valence-electron chi connectivity index (χ1n) is 6.64. The van der Waals surface area contributed by atoms with Gasteiger partial charge in [-0.3, -0.25) is 4.79 Å². The summed E-state index contributed by atoms with van der Waals surface area (Å²) in [4.78, 5) is 11.3. The van der Waals surface area contributed by atoms with Gasteiger partial charge in [-0.15, -0.1) is 0 Å². The molecule has 2 N–H and O–H groups in total. The topological polar surface area (TPSA) is 80.5 Å². The highest BCUT2D eigenvalue weighted by atomic mass is 32.2. The number of carbonyl (C=O) groups excluding carboxylic acids is 1. The number of nitrogens with zero attached hydrogens (tertiary/aromatic N) is 1. The number of hydrogen-bond donors (Lipinski definition) is 1. The van der Waals surface area contributed by atoms with Crippen LogP contribution in [0.2, 0.25) is 0 Å². The van der Waals surface area contributed by atoms with E-state index in [2.05, 4.69) is 0 Å². The van der Waals surface area contributed by atoms with Gasteiger partial charge in [0.2, 0.25) is 15.9 Å². The van der Waals surface area contributed by atoms with E-state index in [1.165, 1.54) is 0 Å². The lowest BCUT2D eigenvalue weighted by Gasteiger charge is -2.21. The van der Waals surface area contributed by atoms with Crippen molar-refractivity contribution in [2.45, 2.75) is 38.5 Å². The maximum absolute atomic E-state index is 12.6. The van der Waals surface area contributed by atoms with Gasteiger partial charge in [0.15, 0.2) is 0 Å². The van der Waals surface area contributed by atoms with E-state index in [-0.39, 0.29) is 11.4 Å². The lowest BCUT2D eigenvalue weighted by molar-refractivity contribution is -0.118. The summed E-state index contributed by atoms with van der Waals surface area (Å²) >= 11 is 0. The van der Waals surface area contributed by atoms with Gasteiger partial charge in [-0.05, 0) is 43.5 Å². The SMILES string of the molecule is CCCCN(CC(N)=O)S(=O)(=O)c1ccc(C)c(C)c1. The summed E-state index contributed by atoms with van der Waals surface area (Å²) in [7, 11) is -3.68. The highest BCUT2D eigenvalue weighted by Gasteiger charge is 2.25. The zero-order valence-electron chi connectivity index (χ0n) is 12.2. The minimum absolute atomic E-state index is 0.206. The van der Waals surface area contributed by atoms with Gasteiger partial charge in [0.05, 0.1) is 11.4 Å². The van der Waals surface area contributed by atoms with Crippen LogP contribution < -0.4 is 5.73 Å². The smallest absolute Gasteiger partial charge is 0.243 e. The molecule has 0 bridgehead atoms. The molecule has 0 aliphatic rings. The number of carbonyl (C=O) groups is 1. The second kappa shape index (κ2) is 6.85. The van der Waals surface area contributed by atoms with E-state index < -0.39 is 15.9 Å². The summed E-state index contributed by atoms with van der Waals surface area (Å²) in [6.45, 7) is 5.76. The first-order valence-corrected chi connectivity index (χ1v) is 8.08. The maximum Gasteiger partial charge on any atom is 0.243 e. The number of amides is 1. The third-order valence-corrected chi connectivity index (χ3v) is 5.05. The number of rotatable bonds is 7. The molecular weight excluding hydrogens is 276 g/mol. The number of primary amides is 1. The first kappa shape index (κ1) is 16.7. The van der Waals surface area contributed by atoms with Crippen molar-refractivity contribution in [2.75, 3.05) is 13.1 Å². The molecule has 0 atom stereocenters. The Labute approximate surface area is 120 Å². The molecule has 6 heteroatoms. The number of hydrogen-bond acceptors (Lipinski definition) is 3. The Hall–Kier alpha value is -1.40. The maximum atomic E-state index is 12.6. The Morgan fingerprint density at radius 3 is 2.40 bits per heavy atom. The lowest BCUT2D eigenvalue weighted by atomic mass is 10.1. The molecule has 20 heavy (non-hydrogen) atoms. The molecular formula is C14H22N2O3S. The Kier molecular flexibility index (Phi) is 5.71. The molecule has 0 aromatic heterocycles. The van der Waals surface area contributed by atoms with Gasteiger partial charge in [-0.2, -0.15) is 4.31 Å². The second-order valence-corrected chi connectivity index (χ2v) is 6.84. The van der Waals surface area contributed by atoms with Crippen molar-refractivity contribution in [1.82, 2.24) is 4.31 Å². The van der Waals surface area contributed by atoms with E-state index in [4.69, 9.17) is 5.73 Å². The largest absolute Gasteiger partial charge is 0.369 e. The minimum Gasteiger partial charge on any atom is -0.369 e. The minimum atomic E-state index is -3.68. The average Bonchev–Trinajstić information content (AvgIpc) is 2.37. The molecule has 1 rings (SSSR count). The van der Waals surface area contributed by atoms with E-state index in [0.29, 0.717) is 13.0 Å². The van der Waals surface area contributed by atoms with Crippen LogP contribution in [-0.2, 0) is 14.8 Å². The summed E-state index contributed by atoms with van der Waals surface area (Å²) in [5.74, 6) is -0.645. The fourth-order valence-corrected chi connectivity index (χ4v) is 3.35. The molecule has 0 aliphatic carbocycles. The van der Waals surface area contributed by atoms with Crippen LogP contribution in [0.5, 0.6) is 0 Å². The number of unbranched alkanes of at least 4 members (excludes halogenated alkanes) is 1. The number of benzene rings is 1. The summed E-state index contributed by atoms with van der Waals surface area (Å²) < 4.78 is 26.3. The van der Waals surface area contributed by atoms with Crippen LogP contribution in [0, 0.1) is 13.8 Å². The Morgan fingerprint density at radius 1 is 1.25 bits per heavy atom. The fourth-order valence-electron chi connectivity index (χ4n) is 1.82. The van der Waals surface area contributed by atoms with Crippen LogP contribution in [0.15, 0.2) is 23.1 Å². The van der Waals surface area contributed by atoms with Gasteiger partial charge < -0.3 is 5.73 Å². The standard InChI is InChI=1S/C14H22N2O3S/c1-4-5-8-16(10-14(15)17)20(18,19)13-7-6-11(2)12(3)9-13/h6-7,9H,4-5,8,10H2,1-3H3,(H2,15,17). The number of aryl methyl sites for hydroxylation is 2. The van der Waals surface area contributed by atoms with Gasteiger partial charge in [-0.25, -0.2) is 8.42 Å². The predicted octanol–water partition coefficient (Wildman–Crippen LogP) is 1.58. The van der Waals surface area contributed by atoms with Crippen molar-refractivity contribution < 1.29 is 13.2 Å². The molecule has 0 heterocycles. The van der Waals surface area contributed by atoms with Crippen molar-refractivity contribution in [3.05, 3.63) is 29.3 Å². The molecule has 0 aliphatic heterocycles. The Morgan fingerprint density at radius 2 is 1.90 bits per heavy atom. The monoisotopic (exact) mass is 298 g/mol. The molecule has 1 aromatic carbocycles. The van der Waals surface area contributed by atoms with Crippen molar-refractivity contribution in [1.29, 1.82) is 0 Å². The van der Waals surface area contributed by atoms with Gasteiger partial charge in [0.1, 0.15) is 0 Å². The van der Waals surface area contributed by atoms with Gasteiger partial charge in [-0.1, -0.05) is 19.4 Å². The van der Waals surface area contributed by atoms with Crippen LogP contribution in [0.4, 0.5) is 0 Å². The van der Waals surface area contributed by atoms with Crippen LogP contribution in [0.1, 0.15) is 30.9 Å². The molecule has 1 amide bonds. The van der Waals surface area contributed by atoms with Crippen molar-refractivity contribution in [3.8, 4) is 0 Å². The van der Waals surface area contributed by atoms with E-state index in [9.17, 15) is 13.2 Å². The van der Waals surface area contributed by atoms with E-state index in [0.717, 1.165) is 21.9 Å². The molecule has 0 fully saturated rings. The molecule has 0 spiro atoms. The normalized spacial score (nSPS) is 11.8. The van der Waals surface area contributed by atoms with Crippen LogP contribution in [0.3, 0.4) is 0 Å². The highest BCUT2D eigenvalue weighted by molar-refractivity contribution is 7.89. The van der Waals surface area contributed by atoms with Gasteiger partial charge >= 0.3 is 0 Å². The molecule has 112 valence electrons. The molecule has 0 saturated carbocycles. The summed E-state index contributed by atoms with van der Waals surface area (Å²) in [5, 5.41) is 0. The van der Waals surface area contributed by atoms with Gasteiger partial charge in [0, 0.05) is 6.54 Å². The van der Waals surface area contributed by atoms with Crippen LogP contribution in [-0.4, -0.2) is 31.7 Å². The number of sulfonamides is 1. The van der Waals surface area contributed by atoms with E-state index >= 15 is 0 Å². The summed E-state index contributed by atoms with van der Waals surface area (Å²) in [6, 6.07) is 4.96. The summed E-state index contributed by atoms with van der Waals surface area (Å²) in [6.07, 6.45) is 1.54. The van der Waals surface area contributed by atoms with E-state index in [1.54, 1.807) is 18.2 Å². The zero-order chi connectivity index (χ0) is 15.3. The third kappa shape index (κ3) is 4.05. The third-order valence-electron chi connectivity index (χ3n) is 3.21. The quantitative estimate of drug-likeness (QED) is 0.830. The average molecular weight is 298 g/mol. The molecule has 5 nitrogen and oxygen atoms in total. The second-order valence-electron chi connectivity index (χ2n) is 4.90. The van der Waals surface area contributed by atoms with E-state index in [1.807, 2.05) is 20.8 Å². The van der Waals surface area contributed by atoms with Crippen LogP contribution >= 0.6 is 0 Å². The highest BCUT2D eigenvalue weighted by Crippen LogP contribution is 2.19. The summed E-state index contributed by atoms with van der Waals surface area (Å²) in [5.41, 5.74) is 7.08. The number of nitrogens with two attached hydrogens (primary N) is 1. The van der Waals surface area contributed by atoms with Crippen molar-refractivity contribution in [2.24, 2.45) is 5.73 Å². The Balaban J connectivity index is 3.13. The molecule has 1 aromatic rings. The lowest BCUT2D eigenvalue weighted by Crippen LogP contribution is -2.39. The van der Waals surface area contributed by atoms with Gasteiger partial charge in [0.25, 0.3) is 0 Å².